The summed E-state index contributed by atoms with van der Waals surface area (Å²) >= 11 is 0. The quantitative estimate of drug-likeness (QED) is 0.574. The van der Waals surface area contributed by atoms with Gasteiger partial charge in [0.15, 0.2) is 5.82 Å². The Bertz CT molecular complexity index is 1170. The number of imidazole rings is 1. The molecule has 1 N–H and O–H groups in total. The number of benzene rings is 1. The highest BCUT2D eigenvalue weighted by atomic mass is 19.3. The number of carbonyl (C=O) groups is 1. The second-order valence-electron chi connectivity index (χ2n) is 6.05. The van der Waals surface area contributed by atoms with Crippen LogP contribution in [0, 0.1) is 5.82 Å². The van der Waals surface area contributed by atoms with Crippen molar-refractivity contribution >= 4 is 17.2 Å². The van der Waals surface area contributed by atoms with Gasteiger partial charge in [-0.1, -0.05) is 11.2 Å². The molecule has 28 heavy (non-hydrogen) atoms. The number of rotatable bonds is 4. The number of nitrogens with one attached hydrogen (secondary N) is 1. The Labute approximate surface area is 155 Å². The lowest BCUT2D eigenvalue weighted by Gasteiger charge is -2.11. The van der Waals surface area contributed by atoms with Gasteiger partial charge < -0.3 is 9.84 Å². The van der Waals surface area contributed by atoms with Gasteiger partial charge in [0.05, 0.1) is 17.4 Å². The fourth-order valence-corrected chi connectivity index (χ4v) is 2.70. The van der Waals surface area contributed by atoms with E-state index in [4.69, 9.17) is 0 Å². The van der Waals surface area contributed by atoms with Crippen LogP contribution < -0.4 is 5.32 Å². The van der Waals surface area contributed by atoms with Crippen LogP contribution in [0.1, 0.15) is 23.0 Å². The summed E-state index contributed by atoms with van der Waals surface area (Å²) in [6, 6.07) is 6.72. The lowest BCUT2D eigenvalue weighted by atomic mass is 10.1. The largest absolute Gasteiger partial charge is 0.342 e. The molecule has 3 aromatic heterocycles. The number of alkyl halides is 2. The van der Waals surface area contributed by atoms with E-state index in [2.05, 4.69) is 25.0 Å². The van der Waals surface area contributed by atoms with Crippen LogP contribution in [-0.2, 0) is 5.92 Å². The fraction of sp³-hybridized carbons (Fsp3) is 0.111. The first-order chi connectivity index (χ1) is 13.3. The van der Waals surface area contributed by atoms with Crippen molar-refractivity contribution < 1.29 is 22.5 Å². The molecule has 4 rings (SSSR count). The van der Waals surface area contributed by atoms with E-state index in [0.29, 0.717) is 0 Å². The number of hydrogen-bond donors (Lipinski definition) is 1. The molecule has 0 radical (unpaired) electrons. The van der Waals surface area contributed by atoms with Gasteiger partial charge in [-0.05, 0) is 24.3 Å². The lowest BCUT2D eigenvalue weighted by molar-refractivity contribution is 0.0175. The maximum atomic E-state index is 14.7. The van der Waals surface area contributed by atoms with Gasteiger partial charge in [0.2, 0.25) is 12.2 Å². The molecule has 142 valence electrons. The zero-order valence-electron chi connectivity index (χ0n) is 14.4. The van der Waals surface area contributed by atoms with E-state index in [0.717, 1.165) is 13.3 Å². The van der Waals surface area contributed by atoms with E-state index in [-0.39, 0.29) is 34.0 Å². The SMILES string of the molecule is CC(F)(F)c1ccn2c(C(=O)Nc3cccc(-c4ncon4)c3F)cnc2c1. The fourth-order valence-electron chi connectivity index (χ4n) is 2.70. The van der Waals surface area contributed by atoms with Crippen LogP contribution in [0.4, 0.5) is 18.9 Å². The first-order valence-corrected chi connectivity index (χ1v) is 8.06. The van der Waals surface area contributed by atoms with Crippen LogP contribution in [0.3, 0.4) is 0 Å². The molecule has 0 bridgehead atoms. The highest BCUT2D eigenvalue weighted by molar-refractivity contribution is 6.03. The second kappa shape index (κ2) is 6.48. The van der Waals surface area contributed by atoms with Crippen LogP contribution in [-0.4, -0.2) is 25.4 Å². The Hall–Kier alpha value is -3.69. The Balaban J connectivity index is 1.65. The van der Waals surface area contributed by atoms with Gasteiger partial charge in [-0.25, -0.2) is 18.2 Å². The Morgan fingerprint density at radius 3 is 2.79 bits per heavy atom. The zero-order chi connectivity index (χ0) is 19.9. The molecule has 1 amide bonds. The van der Waals surface area contributed by atoms with Crippen molar-refractivity contribution in [2.45, 2.75) is 12.8 Å². The summed E-state index contributed by atoms with van der Waals surface area (Å²) in [6.45, 7) is 0.773. The molecule has 1 aromatic carbocycles. The van der Waals surface area contributed by atoms with Crippen molar-refractivity contribution in [3.63, 3.8) is 0 Å². The molecule has 0 aliphatic rings. The summed E-state index contributed by atoms with van der Waals surface area (Å²) in [4.78, 5) is 20.3. The number of carbonyl (C=O) groups excluding carboxylic acids is 1. The van der Waals surface area contributed by atoms with E-state index in [1.165, 1.54) is 47.1 Å². The Kier molecular flexibility index (Phi) is 4.10. The minimum Gasteiger partial charge on any atom is -0.342 e. The van der Waals surface area contributed by atoms with E-state index in [1.54, 1.807) is 0 Å². The lowest BCUT2D eigenvalue weighted by Crippen LogP contribution is -2.16. The van der Waals surface area contributed by atoms with Gasteiger partial charge in [0.1, 0.15) is 11.3 Å². The van der Waals surface area contributed by atoms with Crippen LogP contribution in [0.15, 0.2) is 53.6 Å². The smallest absolute Gasteiger partial charge is 0.274 e. The predicted octanol–water partition coefficient (Wildman–Crippen LogP) is 3.89. The van der Waals surface area contributed by atoms with Gasteiger partial charge in [0.25, 0.3) is 11.8 Å². The monoisotopic (exact) mass is 387 g/mol. The number of nitrogens with zero attached hydrogens (tertiary/aromatic N) is 4. The number of fused-ring (bicyclic) bond motifs is 1. The topological polar surface area (TPSA) is 85.3 Å². The molecule has 0 saturated carbocycles. The molecular weight excluding hydrogens is 375 g/mol. The third kappa shape index (κ3) is 3.08. The third-order valence-corrected chi connectivity index (χ3v) is 4.10. The number of pyridine rings is 1. The molecule has 4 aromatic rings. The van der Waals surface area contributed by atoms with Crippen LogP contribution >= 0.6 is 0 Å². The number of anilines is 1. The summed E-state index contributed by atoms with van der Waals surface area (Å²) in [5.74, 6) is -4.39. The Morgan fingerprint density at radius 2 is 2.07 bits per heavy atom. The maximum Gasteiger partial charge on any atom is 0.274 e. The number of amides is 1. The van der Waals surface area contributed by atoms with Crippen molar-refractivity contribution in [2.24, 2.45) is 0 Å². The number of halogens is 3. The molecule has 7 nitrogen and oxygen atoms in total. The van der Waals surface area contributed by atoms with Crippen molar-refractivity contribution in [1.82, 2.24) is 19.5 Å². The predicted molar refractivity (Wildman–Crippen MR) is 92.4 cm³/mol. The molecule has 0 unspecified atom stereocenters. The van der Waals surface area contributed by atoms with Gasteiger partial charge in [-0.15, -0.1) is 0 Å². The van der Waals surface area contributed by atoms with E-state index < -0.39 is 17.6 Å². The average Bonchev–Trinajstić information content (AvgIpc) is 3.31. The summed E-state index contributed by atoms with van der Waals surface area (Å²) in [5.41, 5.74) is -0.0367. The van der Waals surface area contributed by atoms with Crippen LogP contribution in [0.2, 0.25) is 0 Å². The summed E-state index contributed by atoms with van der Waals surface area (Å²) in [7, 11) is 0. The second-order valence-corrected chi connectivity index (χ2v) is 6.05. The first-order valence-electron chi connectivity index (χ1n) is 8.06. The molecule has 0 atom stereocenters. The molecule has 0 aliphatic carbocycles. The number of aromatic nitrogens is 4. The Morgan fingerprint density at radius 1 is 1.25 bits per heavy atom. The van der Waals surface area contributed by atoms with Crippen molar-refractivity contribution in [3.8, 4) is 11.4 Å². The molecule has 0 spiro atoms. The standard InChI is InChI=1S/C18H12F3N5O2/c1-18(20,21)10-5-6-26-13(8-22-14(26)7-10)17(27)24-12-4-2-3-11(15(12)19)16-23-9-28-25-16/h2-9H,1H3,(H,24,27). The summed E-state index contributed by atoms with van der Waals surface area (Å²) in [6.07, 6.45) is 3.60. The highest BCUT2D eigenvalue weighted by Gasteiger charge is 2.25. The molecular formula is C18H12F3N5O2. The van der Waals surface area contributed by atoms with Crippen molar-refractivity contribution in [1.29, 1.82) is 0 Å². The average molecular weight is 387 g/mol. The van der Waals surface area contributed by atoms with Crippen LogP contribution in [0.25, 0.3) is 17.0 Å². The summed E-state index contributed by atoms with van der Waals surface area (Å²) < 4.78 is 47.6. The molecule has 0 saturated heterocycles. The first kappa shape index (κ1) is 17.7. The highest BCUT2D eigenvalue weighted by Crippen LogP contribution is 2.28. The minimum absolute atomic E-state index is 0.0384. The van der Waals surface area contributed by atoms with Gasteiger partial charge >= 0.3 is 0 Å². The minimum atomic E-state index is -3.03. The van der Waals surface area contributed by atoms with E-state index in [9.17, 15) is 18.0 Å². The van der Waals surface area contributed by atoms with Crippen molar-refractivity contribution in [3.05, 3.63) is 66.2 Å². The van der Waals surface area contributed by atoms with Crippen LogP contribution in [0.5, 0.6) is 0 Å². The summed E-state index contributed by atoms with van der Waals surface area (Å²) in [5, 5.41) is 6.02. The maximum absolute atomic E-state index is 14.7. The van der Waals surface area contributed by atoms with Crippen molar-refractivity contribution in [2.75, 3.05) is 5.32 Å². The van der Waals surface area contributed by atoms with Gasteiger partial charge in [-0.3, -0.25) is 9.20 Å². The number of hydrogen-bond acceptors (Lipinski definition) is 5. The third-order valence-electron chi connectivity index (χ3n) is 4.10. The molecule has 0 fully saturated rings. The van der Waals surface area contributed by atoms with Gasteiger partial charge in [0, 0.05) is 18.7 Å². The normalized spacial score (nSPS) is 11.7. The van der Waals surface area contributed by atoms with E-state index >= 15 is 0 Å². The molecule has 0 aliphatic heterocycles. The zero-order valence-corrected chi connectivity index (χ0v) is 14.4. The molecule has 10 heteroatoms. The molecule has 3 heterocycles. The van der Waals surface area contributed by atoms with E-state index in [1.807, 2.05) is 0 Å². The van der Waals surface area contributed by atoms with Gasteiger partial charge in [-0.2, -0.15) is 4.98 Å².